The Labute approximate surface area is 53.7 Å². The van der Waals surface area contributed by atoms with Crippen LogP contribution >= 0.6 is 0 Å². The van der Waals surface area contributed by atoms with Crippen molar-refractivity contribution in [1.82, 2.24) is 5.32 Å². The van der Waals surface area contributed by atoms with Crippen LogP contribution in [0.1, 0.15) is 0 Å². The minimum Gasteiger partial charge on any atom is -0.469 e. The predicted molar refractivity (Wildman–Crippen MR) is 32.6 cm³/mol. The van der Waals surface area contributed by atoms with E-state index in [0.717, 1.165) is 0 Å². The van der Waals surface area contributed by atoms with E-state index in [4.69, 9.17) is 0 Å². The van der Waals surface area contributed by atoms with Crippen molar-refractivity contribution < 1.29 is 9.53 Å². The van der Waals surface area contributed by atoms with Gasteiger partial charge in [0.1, 0.15) is 0 Å². The van der Waals surface area contributed by atoms with E-state index in [2.05, 4.69) is 10.1 Å². The molecule has 9 heavy (non-hydrogen) atoms. The molecule has 0 saturated carbocycles. The van der Waals surface area contributed by atoms with E-state index in [1.54, 1.807) is 12.3 Å². The van der Waals surface area contributed by atoms with Crippen molar-refractivity contribution in [3.05, 3.63) is 12.3 Å². The molecule has 0 aromatic rings. The van der Waals surface area contributed by atoms with Gasteiger partial charge in [0.2, 0.25) is 0 Å². The number of carbonyl (C=O) groups is 1. The quantitative estimate of drug-likeness (QED) is 0.499. The third-order valence-corrected chi connectivity index (χ3v) is 1.29. The largest absolute Gasteiger partial charge is 0.469 e. The monoisotopic (exact) mass is 127 g/mol. The molecule has 1 aliphatic heterocycles. The number of nitrogens with one attached hydrogen (secondary N) is 1. The molecule has 1 unspecified atom stereocenters. The summed E-state index contributed by atoms with van der Waals surface area (Å²) in [5.41, 5.74) is 0. The second-order valence-corrected chi connectivity index (χ2v) is 1.90. The van der Waals surface area contributed by atoms with Gasteiger partial charge in [-0.25, -0.2) is 0 Å². The summed E-state index contributed by atoms with van der Waals surface area (Å²) in [7, 11) is 1.40. The first kappa shape index (κ1) is 6.13. The molecule has 3 heteroatoms. The van der Waals surface area contributed by atoms with Crippen molar-refractivity contribution in [2.24, 2.45) is 5.92 Å². The first-order chi connectivity index (χ1) is 4.34. The Balaban J connectivity index is 2.43. The van der Waals surface area contributed by atoms with Crippen molar-refractivity contribution >= 4 is 5.97 Å². The molecule has 0 aliphatic carbocycles. The lowest BCUT2D eigenvalue weighted by Crippen LogP contribution is -2.19. The van der Waals surface area contributed by atoms with Gasteiger partial charge in [-0.15, -0.1) is 0 Å². The number of hydrogen-bond donors (Lipinski definition) is 1. The van der Waals surface area contributed by atoms with Gasteiger partial charge in [-0.05, 0) is 6.20 Å². The van der Waals surface area contributed by atoms with E-state index in [1.165, 1.54) is 7.11 Å². The highest BCUT2D eigenvalue weighted by atomic mass is 16.5. The Morgan fingerprint density at radius 3 is 3.11 bits per heavy atom. The van der Waals surface area contributed by atoms with Crippen molar-refractivity contribution in [2.45, 2.75) is 0 Å². The van der Waals surface area contributed by atoms with E-state index < -0.39 is 0 Å². The number of hydrogen-bond acceptors (Lipinski definition) is 3. The van der Waals surface area contributed by atoms with Crippen LogP contribution in [0, 0.1) is 5.92 Å². The maximum Gasteiger partial charge on any atom is 0.314 e. The van der Waals surface area contributed by atoms with Crippen LogP contribution in [0.4, 0.5) is 0 Å². The van der Waals surface area contributed by atoms with E-state index in [9.17, 15) is 4.79 Å². The maximum atomic E-state index is 10.7. The van der Waals surface area contributed by atoms with Gasteiger partial charge in [-0.3, -0.25) is 4.79 Å². The van der Waals surface area contributed by atoms with Crippen molar-refractivity contribution in [2.75, 3.05) is 13.7 Å². The normalized spacial score (nSPS) is 23.4. The lowest BCUT2D eigenvalue weighted by Gasteiger charge is -2.02. The molecule has 1 atom stereocenters. The van der Waals surface area contributed by atoms with E-state index >= 15 is 0 Å². The lowest BCUT2D eigenvalue weighted by atomic mass is 10.2. The molecule has 0 radical (unpaired) electrons. The van der Waals surface area contributed by atoms with Gasteiger partial charge in [-0.2, -0.15) is 0 Å². The van der Waals surface area contributed by atoms with Gasteiger partial charge in [-0.1, -0.05) is 6.08 Å². The first-order valence-electron chi connectivity index (χ1n) is 2.82. The third kappa shape index (κ3) is 1.22. The standard InChI is InChI=1S/C6H9NO2/c1-9-6(8)5-2-3-7-4-5/h2-3,5,7H,4H2,1H3. The molecule has 0 amide bonds. The molecule has 0 spiro atoms. The summed E-state index contributed by atoms with van der Waals surface area (Å²) in [6.45, 7) is 0.673. The zero-order valence-electron chi connectivity index (χ0n) is 5.26. The maximum absolute atomic E-state index is 10.7. The fraction of sp³-hybridized carbons (Fsp3) is 0.500. The lowest BCUT2D eigenvalue weighted by molar-refractivity contribution is -0.143. The van der Waals surface area contributed by atoms with E-state index in [-0.39, 0.29) is 11.9 Å². The van der Waals surface area contributed by atoms with Crippen LogP contribution in [0.25, 0.3) is 0 Å². The summed E-state index contributed by atoms with van der Waals surface area (Å²) in [5, 5.41) is 2.91. The molecule has 0 aromatic heterocycles. The van der Waals surface area contributed by atoms with Crippen LogP contribution in [0.15, 0.2) is 12.3 Å². The summed E-state index contributed by atoms with van der Waals surface area (Å²) in [6.07, 6.45) is 3.56. The molecule has 1 aliphatic rings. The Kier molecular flexibility index (Phi) is 1.72. The highest BCUT2D eigenvalue weighted by Crippen LogP contribution is 2.03. The molecular formula is C6H9NO2. The smallest absolute Gasteiger partial charge is 0.314 e. The van der Waals surface area contributed by atoms with Crippen LogP contribution in [0.3, 0.4) is 0 Å². The number of esters is 1. The molecule has 50 valence electrons. The second kappa shape index (κ2) is 2.53. The molecule has 1 N–H and O–H groups in total. The van der Waals surface area contributed by atoms with Crippen LogP contribution < -0.4 is 5.32 Å². The zero-order chi connectivity index (χ0) is 6.69. The molecular weight excluding hydrogens is 118 g/mol. The topological polar surface area (TPSA) is 38.3 Å². The fourth-order valence-corrected chi connectivity index (χ4v) is 0.761. The van der Waals surface area contributed by atoms with Crippen molar-refractivity contribution in [3.8, 4) is 0 Å². The Morgan fingerprint density at radius 1 is 1.89 bits per heavy atom. The molecule has 0 bridgehead atoms. The Bertz CT molecular complexity index is 142. The summed E-state index contributed by atoms with van der Waals surface area (Å²) >= 11 is 0. The molecule has 1 rings (SSSR count). The molecule has 0 aromatic carbocycles. The minimum absolute atomic E-state index is 0.0741. The van der Waals surface area contributed by atoms with Gasteiger partial charge in [0.25, 0.3) is 0 Å². The summed E-state index contributed by atoms with van der Waals surface area (Å²) < 4.78 is 4.50. The second-order valence-electron chi connectivity index (χ2n) is 1.90. The van der Waals surface area contributed by atoms with Crippen LogP contribution in [-0.2, 0) is 9.53 Å². The molecule has 0 saturated heterocycles. The number of carbonyl (C=O) groups excluding carboxylic acids is 1. The summed E-state index contributed by atoms with van der Waals surface area (Å²) in [6, 6.07) is 0. The number of ether oxygens (including phenoxy) is 1. The Hall–Kier alpha value is -0.990. The first-order valence-corrected chi connectivity index (χ1v) is 2.82. The van der Waals surface area contributed by atoms with Gasteiger partial charge in [0.15, 0.2) is 0 Å². The van der Waals surface area contributed by atoms with Crippen LogP contribution in [0.5, 0.6) is 0 Å². The van der Waals surface area contributed by atoms with Crippen molar-refractivity contribution in [3.63, 3.8) is 0 Å². The van der Waals surface area contributed by atoms with Gasteiger partial charge in [0, 0.05) is 6.54 Å². The highest BCUT2D eigenvalue weighted by Gasteiger charge is 2.17. The highest BCUT2D eigenvalue weighted by molar-refractivity contribution is 5.75. The number of rotatable bonds is 1. The Morgan fingerprint density at radius 2 is 2.67 bits per heavy atom. The van der Waals surface area contributed by atoms with Crippen molar-refractivity contribution in [1.29, 1.82) is 0 Å². The summed E-state index contributed by atoms with van der Waals surface area (Å²) in [5.74, 6) is -0.244. The zero-order valence-corrected chi connectivity index (χ0v) is 5.26. The fourth-order valence-electron chi connectivity index (χ4n) is 0.761. The van der Waals surface area contributed by atoms with Crippen LogP contribution in [-0.4, -0.2) is 19.6 Å². The van der Waals surface area contributed by atoms with Crippen LogP contribution in [0.2, 0.25) is 0 Å². The minimum atomic E-state index is -0.170. The summed E-state index contributed by atoms with van der Waals surface area (Å²) in [4.78, 5) is 10.7. The molecule has 3 nitrogen and oxygen atoms in total. The average Bonchev–Trinajstić information content (AvgIpc) is 2.37. The molecule has 1 heterocycles. The van der Waals surface area contributed by atoms with E-state index in [0.29, 0.717) is 6.54 Å². The third-order valence-electron chi connectivity index (χ3n) is 1.29. The average molecular weight is 127 g/mol. The van der Waals surface area contributed by atoms with Gasteiger partial charge in [0.05, 0.1) is 13.0 Å². The predicted octanol–water partition coefficient (Wildman–Crippen LogP) is -0.108. The SMILES string of the molecule is COC(=O)C1C=CNC1. The van der Waals surface area contributed by atoms with E-state index in [1.807, 2.05) is 0 Å². The molecule has 0 fully saturated rings. The van der Waals surface area contributed by atoms with Gasteiger partial charge >= 0.3 is 5.97 Å². The van der Waals surface area contributed by atoms with Gasteiger partial charge < -0.3 is 10.1 Å². The number of methoxy groups -OCH3 is 1.